The first-order chi connectivity index (χ1) is 3.97. The molecule has 0 saturated heterocycles. The van der Waals surface area contributed by atoms with Crippen LogP contribution >= 0.6 is 47.1 Å². The van der Waals surface area contributed by atoms with Crippen LogP contribution in [0.3, 0.4) is 0 Å². The first-order valence-electron chi connectivity index (χ1n) is 1.70. The summed E-state index contributed by atoms with van der Waals surface area (Å²) >= 11 is 0. The molecular formula is C2H4Cl5O2W. The number of carboxylic acid groups (broad SMARTS) is 1. The second kappa shape index (κ2) is 4.59. The normalized spacial score (nSPS) is 14.0. The summed E-state index contributed by atoms with van der Waals surface area (Å²) in [7, 11) is 20.9. The van der Waals surface area contributed by atoms with Crippen molar-refractivity contribution in [3.8, 4) is 0 Å². The van der Waals surface area contributed by atoms with E-state index in [0.717, 1.165) is 6.92 Å². The molecule has 0 rings (SSSR count). The van der Waals surface area contributed by atoms with Crippen molar-refractivity contribution in [3.63, 3.8) is 0 Å². The molecule has 0 aromatic heterocycles. The molecule has 0 saturated carbocycles. The van der Waals surface area contributed by atoms with Crippen molar-refractivity contribution < 1.29 is 19.5 Å². The van der Waals surface area contributed by atoms with Gasteiger partial charge in [-0.05, 0) is 0 Å². The predicted molar refractivity (Wildman–Crippen MR) is 42.6 cm³/mol. The van der Waals surface area contributed by atoms with Crippen LogP contribution in [0.2, 0.25) is 0 Å². The van der Waals surface area contributed by atoms with E-state index in [4.69, 9.17) is 57.0 Å². The molecule has 0 aliphatic rings. The van der Waals surface area contributed by atoms with Crippen molar-refractivity contribution >= 4 is 53.1 Å². The monoisotopic (exact) mass is 419 g/mol. The number of carbonyl (C=O) groups is 1. The van der Waals surface area contributed by atoms with Crippen molar-refractivity contribution in [3.05, 3.63) is 0 Å². The van der Waals surface area contributed by atoms with Crippen LogP contribution in [0.5, 0.6) is 0 Å². The van der Waals surface area contributed by atoms with Crippen LogP contribution in [0.4, 0.5) is 0 Å². The number of aliphatic carboxylic acids is 1. The van der Waals surface area contributed by atoms with E-state index < -0.39 is 15.6 Å². The summed E-state index contributed by atoms with van der Waals surface area (Å²) in [5.74, 6) is -0.833. The zero-order valence-electron chi connectivity index (χ0n) is 4.65. The third-order valence-electron chi connectivity index (χ3n) is 0. The topological polar surface area (TPSA) is 37.3 Å². The molecule has 0 aromatic rings. The van der Waals surface area contributed by atoms with Gasteiger partial charge >= 0.3 is 56.7 Å². The standard InChI is InChI=1S/C2H4O2.5ClH.W/c1-2(3)4;;;;;;/h1H3,(H,3,4);5*1H;/q;;;;;;+5/p-5. The van der Waals surface area contributed by atoms with E-state index >= 15 is 0 Å². The molecule has 0 heterocycles. The van der Waals surface area contributed by atoms with Gasteiger partial charge in [-0.2, -0.15) is 0 Å². The van der Waals surface area contributed by atoms with Crippen LogP contribution in [-0.4, -0.2) is 11.1 Å². The first-order valence-corrected chi connectivity index (χ1v) is 19.9. The van der Waals surface area contributed by atoms with E-state index in [1.807, 2.05) is 0 Å². The van der Waals surface area contributed by atoms with Gasteiger partial charge in [0.2, 0.25) is 0 Å². The fourth-order valence-electron chi connectivity index (χ4n) is 0. The van der Waals surface area contributed by atoms with Crippen molar-refractivity contribution in [1.82, 2.24) is 0 Å². The first kappa shape index (κ1) is 14.2. The molecule has 8 heteroatoms. The Kier molecular flexibility index (Phi) is 6.49. The third-order valence-corrected chi connectivity index (χ3v) is 0. The van der Waals surface area contributed by atoms with Gasteiger partial charge in [-0.3, -0.25) is 4.79 Å². The van der Waals surface area contributed by atoms with E-state index in [1.165, 1.54) is 0 Å². The number of carboxylic acids is 1. The fourth-order valence-corrected chi connectivity index (χ4v) is 0. The Morgan fingerprint density at radius 3 is 1.20 bits per heavy atom. The molecule has 2 nitrogen and oxygen atoms in total. The van der Waals surface area contributed by atoms with Crippen molar-refractivity contribution in [2.24, 2.45) is 0 Å². The second-order valence-electron chi connectivity index (χ2n) is 1.10. The van der Waals surface area contributed by atoms with E-state index in [1.54, 1.807) is 0 Å². The summed E-state index contributed by atoms with van der Waals surface area (Å²) < 4.78 is 0. The van der Waals surface area contributed by atoms with Gasteiger partial charge in [0, 0.05) is 6.92 Å². The zero-order chi connectivity index (χ0) is 9.02. The molecule has 0 spiro atoms. The van der Waals surface area contributed by atoms with Gasteiger partial charge in [-0.25, -0.2) is 0 Å². The Morgan fingerprint density at radius 2 is 1.20 bits per heavy atom. The zero-order valence-corrected chi connectivity index (χ0v) is 11.4. The molecular weight excluding hydrogens is 417 g/mol. The molecule has 10 heavy (non-hydrogen) atoms. The Morgan fingerprint density at radius 1 is 1.20 bits per heavy atom. The van der Waals surface area contributed by atoms with Crippen LogP contribution in [0.15, 0.2) is 0 Å². The van der Waals surface area contributed by atoms with E-state index in [2.05, 4.69) is 0 Å². The van der Waals surface area contributed by atoms with Gasteiger partial charge in [0.1, 0.15) is 0 Å². The average molecular weight is 421 g/mol. The molecule has 1 N–H and O–H groups in total. The summed E-state index contributed by atoms with van der Waals surface area (Å²) in [5, 5.41) is 7.42. The average Bonchev–Trinajstić information content (AvgIpc) is 1.14. The molecule has 0 atom stereocenters. The van der Waals surface area contributed by atoms with Crippen LogP contribution in [0.25, 0.3) is 0 Å². The maximum absolute atomic E-state index is 9.00. The minimum atomic E-state index is -4.39. The Hall–Kier alpha value is 1.61. The Balaban J connectivity index is 0. The minimum absolute atomic E-state index is 0.833. The number of halogens is 5. The summed E-state index contributed by atoms with van der Waals surface area (Å²) in [4.78, 5) is 9.00. The van der Waals surface area contributed by atoms with E-state index in [0.29, 0.717) is 0 Å². The summed E-state index contributed by atoms with van der Waals surface area (Å²) in [5.41, 5.74) is 0. The van der Waals surface area contributed by atoms with E-state index in [-0.39, 0.29) is 0 Å². The number of hydrogen-bond acceptors (Lipinski definition) is 1. The van der Waals surface area contributed by atoms with Crippen LogP contribution in [-0.2, 0) is 14.4 Å². The molecule has 0 fully saturated rings. The predicted octanol–water partition coefficient (Wildman–Crippen LogP) is 3.54. The van der Waals surface area contributed by atoms with Crippen molar-refractivity contribution in [1.29, 1.82) is 0 Å². The van der Waals surface area contributed by atoms with Crippen LogP contribution in [0, 0.1) is 0 Å². The molecule has 0 amide bonds. The van der Waals surface area contributed by atoms with Gasteiger partial charge in [-0.15, -0.1) is 0 Å². The quantitative estimate of drug-likeness (QED) is 0.650. The second-order valence-corrected chi connectivity index (χ2v) is 43.5. The van der Waals surface area contributed by atoms with Crippen molar-refractivity contribution in [2.75, 3.05) is 0 Å². The fraction of sp³-hybridized carbons (Fsp3) is 0.500. The molecule has 0 aromatic carbocycles. The van der Waals surface area contributed by atoms with Gasteiger partial charge in [0.05, 0.1) is 0 Å². The van der Waals surface area contributed by atoms with Crippen molar-refractivity contribution in [2.45, 2.75) is 6.92 Å². The van der Waals surface area contributed by atoms with Gasteiger partial charge in [0.15, 0.2) is 0 Å². The molecule has 0 aliphatic carbocycles. The SMILES string of the molecule is CC(=O)O.[Cl][W]([Cl])([Cl])([Cl])[Cl]. The van der Waals surface area contributed by atoms with Crippen LogP contribution in [0.1, 0.15) is 6.92 Å². The van der Waals surface area contributed by atoms with Gasteiger partial charge in [0.25, 0.3) is 5.97 Å². The summed E-state index contributed by atoms with van der Waals surface area (Å²) in [6.07, 6.45) is 0. The molecule has 65 valence electrons. The Labute approximate surface area is 78.8 Å². The van der Waals surface area contributed by atoms with E-state index in [9.17, 15) is 0 Å². The molecule has 0 unspecified atom stereocenters. The number of hydrogen-bond donors (Lipinski definition) is 1. The molecule has 0 aliphatic heterocycles. The molecule has 0 bridgehead atoms. The third kappa shape index (κ3) is 275. The van der Waals surface area contributed by atoms with Crippen LogP contribution < -0.4 is 0 Å². The maximum atomic E-state index is 9.00. The summed E-state index contributed by atoms with van der Waals surface area (Å²) in [6, 6.07) is 0. The van der Waals surface area contributed by atoms with Gasteiger partial charge < -0.3 is 5.11 Å². The van der Waals surface area contributed by atoms with Gasteiger partial charge in [-0.1, -0.05) is 0 Å². The Bertz CT molecular complexity index is 104. The number of rotatable bonds is 0. The molecule has 0 radical (unpaired) electrons. The summed E-state index contributed by atoms with van der Waals surface area (Å²) in [6.45, 7) is 1.08.